The number of para-hydroxylation sites is 2. The Labute approximate surface area is 585 Å². The van der Waals surface area contributed by atoms with Crippen molar-refractivity contribution in [2.24, 2.45) is 0 Å². The van der Waals surface area contributed by atoms with Gasteiger partial charge < -0.3 is 13.9 Å². The fourth-order valence-corrected chi connectivity index (χ4v) is 10.8. The van der Waals surface area contributed by atoms with Crippen LogP contribution in [0.5, 0.6) is 11.5 Å². The van der Waals surface area contributed by atoms with Gasteiger partial charge in [-0.25, -0.2) is 4.98 Å². The SMILES string of the molecule is [2H]c1c([2H])c([2H])c(-c2c([2H])c(-c3cccc(-c4c([2H])c(-c5c([2H])c([2H])c([2H])c([2H])c5[2H])c([2H])c(-c5c([2H])c([2H])c([2H])c([2H])c5[2H])c4[2H])c3-[n+]3[c-]n(-c4[c-]c(Oc5[c-]c6c(cc5)c5ccccc5n6-c5cc(C(C)(C)C)ccn5)ccc4)c4cc(-c5c(C([2H])([2H])[2H])cccc5C([2H])([2H])[2H])ccc43)c([2H])c(-c3c([2H])c([2H])c([2H])c([2H])c3[2H])c2[2H])c([2H])c1[2H].[Pt]. The van der Waals surface area contributed by atoms with Crippen LogP contribution in [0, 0.1) is 32.2 Å². The van der Waals surface area contributed by atoms with E-state index in [1.807, 2.05) is 47.0 Å². The first kappa shape index (κ1) is 31.6. The minimum absolute atomic E-state index is 0. The predicted molar refractivity (Wildman–Crippen MR) is 366 cm³/mol. The van der Waals surface area contributed by atoms with Crippen LogP contribution in [0.2, 0.25) is 0 Å². The summed E-state index contributed by atoms with van der Waals surface area (Å²) in [5.41, 5.74) is -9.59. The molecule has 0 unspecified atom stereocenters. The predicted octanol–water partition coefficient (Wildman–Crippen LogP) is 21.2. The number of hydrogen-bond acceptors (Lipinski definition) is 2. The summed E-state index contributed by atoms with van der Waals surface area (Å²) < 4.78 is 307. The van der Waals surface area contributed by atoms with Gasteiger partial charge >= 0.3 is 0 Å². The van der Waals surface area contributed by atoms with Gasteiger partial charge in [-0.05, 0) is 185 Å². The van der Waals surface area contributed by atoms with Gasteiger partial charge in [0, 0.05) is 52.5 Å². The molecule has 5 nitrogen and oxygen atoms in total. The molecule has 0 N–H and O–H groups in total. The van der Waals surface area contributed by atoms with E-state index in [0.717, 1.165) is 21.9 Å². The number of fused-ring (bicyclic) bond motifs is 4. The van der Waals surface area contributed by atoms with Crippen molar-refractivity contribution in [3.05, 3.63) is 320 Å². The number of ether oxygens (including phenoxy) is 1. The topological polar surface area (TPSA) is 35.9 Å². The van der Waals surface area contributed by atoms with Crippen molar-refractivity contribution in [2.75, 3.05) is 0 Å². The molecule has 15 aromatic rings. The number of rotatable bonds is 12. The van der Waals surface area contributed by atoms with Gasteiger partial charge in [-0.1, -0.05) is 214 Å². The average Bonchev–Trinajstić information content (AvgIpc) is 0.863. The number of imidazole rings is 1. The van der Waals surface area contributed by atoms with Crippen LogP contribution < -0.4 is 9.30 Å². The Morgan fingerprint density at radius 3 is 1.58 bits per heavy atom. The number of hydrogen-bond donors (Lipinski definition) is 0. The number of aryl methyl sites for hydroxylation is 2. The third kappa shape index (κ3) is 10.9. The minimum Gasteiger partial charge on any atom is -0.510 e. The van der Waals surface area contributed by atoms with E-state index in [9.17, 15) is 19.2 Å². The molecule has 3 heterocycles. The van der Waals surface area contributed by atoms with Crippen molar-refractivity contribution < 1.29 is 74.2 Å². The molecule has 0 saturated heterocycles. The second kappa shape index (κ2) is 23.9. The molecule has 0 radical (unpaired) electrons. The van der Waals surface area contributed by atoms with Crippen molar-refractivity contribution >= 4 is 32.8 Å². The Morgan fingerprint density at radius 1 is 0.478 bits per heavy atom. The summed E-state index contributed by atoms with van der Waals surface area (Å²) in [6.07, 6.45) is 5.01. The van der Waals surface area contributed by atoms with E-state index >= 15 is 0 Å². The first-order valence-corrected chi connectivity index (χ1v) is 27.8. The van der Waals surface area contributed by atoms with E-state index in [-0.39, 0.29) is 65.8 Å². The van der Waals surface area contributed by atoms with Gasteiger partial charge in [0.2, 0.25) is 0 Å². The van der Waals surface area contributed by atoms with Crippen LogP contribution in [-0.4, -0.2) is 14.1 Å². The molecule has 0 amide bonds. The van der Waals surface area contributed by atoms with Gasteiger partial charge in [-0.15, -0.1) is 29.7 Å². The standard InChI is InChI=1S/C84H62N4O.Pt/c1-56-23-20-24-57(2)82(56)62-39-42-78-80(51-62)86(70-33-21-34-71(53-70)89-72-40-41-76-75-35-18-19-38-77(75)88(79(76)54-72)81-52-69(43-44-85-81)84(3,4)5)55-87(78)83-73(67-47-63(58-25-10-6-11-26-58)45-64(48-67)59-27-12-7-13-28-59)36-22-37-74(83)68-49-65(60-29-14-8-15-30-60)46-66(50-68)61-31-16-9-17-32-61;/h6-52H,1-5H3;/q-2;/i1D3,2D3,6D,7D,8D,9D,10D,11D,12D,13D,14D,15D,16D,17D,25D,26D,27D,28D,29D,30D,31D,32D,45D,46D,47D,48D,49D,50D;. The fraction of sp³-hybridized carbons (Fsp3) is 0.0714. The van der Waals surface area contributed by atoms with Crippen LogP contribution in [0.1, 0.15) is 81.3 Å². The molecule has 0 spiro atoms. The molecule has 0 aliphatic heterocycles. The van der Waals surface area contributed by atoms with Crippen LogP contribution >= 0.6 is 0 Å². The summed E-state index contributed by atoms with van der Waals surface area (Å²) in [6.45, 7) is 0.208. The first-order chi connectivity index (χ1) is 56.8. The van der Waals surface area contributed by atoms with Gasteiger partial charge in [0.05, 0.1) is 52.4 Å². The summed E-state index contributed by atoms with van der Waals surface area (Å²) in [5.74, 6) is 0.713. The summed E-state index contributed by atoms with van der Waals surface area (Å²) in [4.78, 5) is 4.81. The smallest absolute Gasteiger partial charge is 0.268 e. The molecule has 3 aromatic heterocycles. The molecule has 0 fully saturated rings. The molecule has 90 heavy (non-hydrogen) atoms. The molecule has 0 aliphatic carbocycles. The monoisotopic (exact) mass is 1370 g/mol. The van der Waals surface area contributed by atoms with E-state index in [0.29, 0.717) is 11.3 Å². The van der Waals surface area contributed by atoms with Crippen molar-refractivity contribution in [3.8, 4) is 107 Å². The Hall–Kier alpha value is -10.5. The molecule has 436 valence electrons. The third-order valence-corrected chi connectivity index (χ3v) is 14.9. The molecular formula is C84H62N4OPt-2. The zero-order valence-corrected chi connectivity index (χ0v) is 49.9. The summed E-state index contributed by atoms with van der Waals surface area (Å²) >= 11 is 0. The molecule has 15 rings (SSSR count). The molecule has 0 saturated carbocycles. The van der Waals surface area contributed by atoms with E-state index in [4.69, 9.17) is 34.4 Å². The Kier molecular flexibility index (Phi) is 8.41. The molecule has 6 heteroatoms. The summed E-state index contributed by atoms with van der Waals surface area (Å²) in [7, 11) is 0. The second-order valence-corrected chi connectivity index (χ2v) is 21.5. The van der Waals surface area contributed by atoms with Gasteiger partial charge in [0.15, 0.2) is 0 Å². The van der Waals surface area contributed by atoms with Crippen LogP contribution in [0.3, 0.4) is 0 Å². The zero-order valence-electron chi connectivity index (χ0n) is 79.6. The van der Waals surface area contributed by atoms with E-state index in [1.165, 1.54) is 69.8 Å². The first-order valence-electron chi connectivity index (χ1n) is 43.8. The fourth-order valence-electron chi connectivity index (χ4n) is 10.8. The molecule has 0 atom stereocenters. The van der Waals surface area contributed by atoms with E-state index in [1.54, 1.807) is 24.4 Å². The summed E-state index contributed by atoms with van der Waals surface area (Å²) in [6, 6.07) is 11.6. The van der Waals surface area contributed by atoms with Gasteiger partial charge in [0.25, 0.3) is 6.33 Å². The third-order valence-electron chi connectivity index (χ3n) is 14.9. The molecule has 12 aromatic carbocycles. The number of nitrogens with zero attached hydrogens (tertiary/aromatic N) is 4. The van der Waals surface area contributed by atoms with Crippen LogP contribution in [0.4, 0.5) is 0 Å². The van der Waals surface area contributed by atoms with Crippen LogP contribution in [0.15, 0.2) is 285 Å². The summed E-state index contributed by atoms with van der Waals surface area (Å²) in [5, 5.41) is 1.64. The number of benzene rings is 12. The Morgan fingerprint density at radius 2 is 1.01 bits per heavy atom. The quantitative estimate of drug-likeness (QED) is 0.0903. The van der Waals surface area contributed by atoms with Crippen molar-refractivity contribution in [3.63, 3.8) is 0 Å². The van der Waals surface area contributed by atoms with Crippen molar-refractivity contribution in [1.82, 2.24) is 14.1 Å². The van der Waals surface area contributed by atoms with Gasteiger partial charge in [0.1, 0.15) is 5.82 Å². The maximum Gasteiger partial charge on any atom is 0.268 e. The maximum absolute atomic E-state index is 10.6. The Bertz CT molecular complexity index is 6480. The van der Waals surface area contributed by atoms with E-state index < -0.39 is 254 Å². The maximum atomic E-state index is 10.6. The van der Waals surface area contributed by atoms with Crippen molar-refractivity contribution in [1.29, 1.82) is 0 Å². The number of pyridine rings is 1. The van der Waals surface area contributed by atoms with Crippen molar-refractivity contribution in [2.45, 2.75) is 39.9 Å². The van der Waals surface area contributed by atoms with Gasteiger partial charge in [-0.2, -0.15) is 18.2 Å². The molecule has 0 aliphatic rings. The van der Waals surface area contributed by atoms with Crippen LogP contribution in [-0.2, 0) is 26.5 Å². The molecular weight excluding hydrogens is 1280 g/mol. The molecule has 0 bridgehead atoms. The average molecular weight is 1370 g/mol. The van der Waals surface area contributed by atoms with Crippen LogP contribution in [0.25, 0.3) is 128 Å². The largest absolute Gasteiger partial charge is 0.510 e. The zero-order chi connectivity index (χ0) is 87.8. The minimum atomic E-state index is -3.01. The van der Waals surface area contributed by atoms with E-state index in [2.05, 4.69) is 39.2 Å². The number of aromatic nitrogens is 4. The van der Waals surface area contributed by atoms with Gasteiger partial charge in [-0.3, -0.25) is 4.57 Å². The second-order valence-electron chi connectivity index (χ2n) is 21.5. The Balaban J connectivity index is 0.0000121. The normalized spacial score (nSPS) is 16.8.